The first-order chi connectivity index (χ1) is 7.29. The molecule has 0 amide bonds. The van der Waals surface area contributed by atoms with Crippen molar-refractivity contribution in [1.82, 2.24) is 0 Å². The standard InChI is InChI=1S/C13H17NO/c1-2-3-11-8-12(14)6-7-13(11)15-9-10-4-5-10/h2,6-8,10H,1,3-5,9,14H2. The second kappa shape index (κ2) is 4.39. The molecule has 0 aliphatic heterocycles. The maximum atomic E-state index is 5.77. The van der Waals surface area contributed by atoms with Crippen molar-refractivity contribution in [3.63, 3.8) is 0 Å². The Kier molecular flexibility index (Phi) is 2.95. The lowest BCUT2D eigenvalue weighted by Crippen LogP contribution is -2.02. The van der Waals surface area contributed by atoms with Crippen LogP contribution >= 0.6 is 0 Å². The van der Waals surface area contributed by atoms with Crippen molar-refractivity contribution in [1.29, 1.82) is 0 Å². The molecule has 0 spiro atoms. The molecule has 1 aliphatic rings. The Morgan fingerprint density at radius 2 is 2.27 bits per heavy atom. The summed E-state index contributed by atoms with van der Waals surface area (Å²) in [5.41, 5.74) is 7.65. The van der Waals surface area contributed by atoms with E-state index in [0.717, 1.165) is 35.9 Å². The fourth-order valence-electron chi connectivity index (χ4n) is 1.55. The Bertz CT molecular complexity index is 356. The molecule has 1 aromatic rings. The predicted molar refractivity (Wildman–Crippen MR) is 63.0 cm³/mol. The number of rotatable bonds is 5. The van der Waals surface area contributed by atoms with Crippen LogP contribution in [0.2, 0.25) is 0 Å². The van der Waals surface area contributed by atoms with Crippen LogP contribution in [-0.4, -0.2) is 6.61 Å². The molecule has 2 heteroatoms. The Labute approximate surface area is 90.7 Å². The quantitative estimate of drug-likeness (QED) is 0.590. The van der Waals surface area contributed by atoms with Crippen LogP contribution in [-0.2, 0) is 6.42 Å². The zero-order valence-corrected chi connectivity index (χ0v) is 8.91. The number of hydrogen-bond donors (Lipinski definition) is 1. The summed E-state index contributed by atoms with van der Waals surface area (Å²) >= 11 is 0. The van der Waals surface area contributed by atoms with E-state index >= 15 is 0 Å². The predicted octanol–water partition coefficient (Wildman–Crippen LogP) is 2.79. The number of anilines is 1. The number of ether oxygens (including phenoxy) is 1. The van der Waals surface area contributed by atoms with Crippen LogP contribution < -0.4 is 10.5 Å². The Balaban J connectivity index is 2.08. The summed E-state index contributed by atoms with van der Waals surface area (Å²) in [6, 6.07) is 5.80. The van der Waals surface area contributed by atoms with Gasteiger partial charge in [0.15, 0.2) is 0 Å². The molecule has 1 aliphatic carbocycles. The van der Waals surface area contributed by atoms with Gasteiger partial charge in [0, 0.05) is 5.69 Å². The van der Waals surface area contributed by atoms with Crippen molar-refractivity contribution < 1.29 is 4.74 Å². The molecule has 0 atom stereocenters. The minimum atomic E-state index is 0.777. The summed E-state index contributed by atoms with van der Waals surface area (Å²) in [6.07, 6.45) is 5.31. The third-order valence-electron chi connectivity index (χ3n) is 2.62. The van der Waals surface area contributed by atoms with Crippen molar-refractivity contribution in [2.24, 2.45) is 5.92 Å². The van der Waals surface area contributed by atoms with Crippen LogP contribution in [0.4, 0.5) is 5.69 Å². The van der Waals surface area contributed by atoms with Gasteiger partial charge in [-0.25, -0.2) is 0 Å². The number of benzene rings is 1. The molecular weight excluding hydrogens is 186 g/mol. The molecular formula is C13H17NO. The van der Waals surface area contributed by atoms with Gasteiger partial charge in [-0.15, -0.1) is 6.58 Å². The van der Waals surface area contributed by atoms with E-state index in [9.17, 15) is 0 Å². The van der Waals surface area contributed by atoms with Gasteiger partial charge in [0.05, 0.1) is 6.61 Å². The fraction of sp³-hybridized carbons (Fsp3) is 0.385. The first-order valence-corrected chi connectivity index (χ1v) is 5.41. The molecule has 1 saturated carbocycles. The Morgan fingerprint density at radius 3 is 2.93 bits per heavy atom. The van der Waals surface area contributed by atoms with Crippen molar-refractivity contribution in [3.8, 4) is 5.75 Å². The Morgan fingerprint density at radius 1 is 1.47 bits per heavy atom. The zero-order valence-electron chi connectivity index (χ0n) is 8.91. The zero-order chi connectivity index (χ0) is 10.7. The van der Waals surface area contributed by atoms with E-state index in [-0.39, 0.29) is 0 Å². The highest BCUT2D eigenvalue weighted by Gasteiger charge is 2.22. The second-order valence-electron chi connectivity index (χ2n) is 4.11. The summed E-state index contributed by atoms with van der Waals surface area (Å²) in [4.78, 5) is 0. The van der Waals surface area contributed by atoms with Crippen LogP contribution in [0, 0.1) is 5.92 Å². The second-order valence-corrected chi connectivity index (χ2v) is 4.11. The van der Waals surface area contributed by atoms with Gasteiger partial charge in [0.2, 0.25) is 0 Å². The molecule has 0 aromatic heterocycles. The van der Waals surface area contributed by atoms with Crippen LogP contribution in [0.5, 0.6) is 5.75 Å². The summed E-state index contributed by atoms with van der Waals surface area (Å²) in [5.74, 6) is 1.73. The third-order valence-corrected chi connectivity index (χ3v) is 2.62. The average Bonchev–Trinajstić information content (AvgIpc) is 3.01. The third kappa shape index (κ3) is 2.75. The van der Waals surface area contributed by atoms with Gasteiger partial charge in [-0.2, -0.15) is 0 Å². The SMILES string of the molecule is C=CCc1cc(N)ccc1OCC1CC1. The van der Waals surface area contributed by atoms with Crippen molar-refractivity contribution in [2.75, 3.05) is 12.3 Å². The van der Waals surface area contributed by atoms with Crippen molar-refractivity contribution in [2.45, 2.75) is 19.3 Å². The van der Waals surface area contributed by atoms with E-state index in [1.54, 1.807) is 0 Å². The molecule has 15 heavy (non-hydrogen) atoms. The molecule has 0 heterocycles. The maximum Gasteiger partial charge on any atom is 0.122 e. The van der Waals surface area contributed by atoms with E-state index in [0.29, 0.717) is 0 Å². The molecule has 1 fully saturated rings. The van der Waals surface area contributed by atoms with Crippen LogP contribution in [0.25, 0.3) is 0 Å². The lowest BCUT2D eigenvalue weighted by molar-refractivity contribution is 0.297. The van der Waals surface area contributed by atoms with Gasteiger partial charge < -0.3 is 10.5 Å². The monoisotopic (exact) mass is 203 g/mol. The van der Waals surface area contributed by atoms with E-state index in [4.69, 9.17) is 10.5 Å². The van der Waals surface area contributed by atoms with Crippen molar-refractivity contribution in [3.05, 3.63) is 36.4 Å². The largest absolute Gasteiger partial charge is 0.493 e. The van der Waals surface area contributed by atoms with Gasteiger partial charge in [0.1, 0.15) is 5.75 Å². The maximum absolute atomic E-state index is 5.77. The van der Waals surface area contributed by atoms with Crippen LogP contribution in [0.3, 0.4) is 0 Å². The normalized spacial score (nSPS) is 14.9. The number of nitrogen functional groups attached to an aromatic ring is 1. The minimum absolute atomic E-state index is 0.777. The summed E-state index contributed by atoms with van der Waals surface area (Å²) in [5, 5.41) is 0. The van der Waals surface area contributed by atoms with E-state index in [1.807, 2.05) is 24.3 Å². The molecule has 2 rings (SSSR count). The lowest BCUT2D eigenvalue weighted by Gasteiger charge is -2.10. The molecule has 0 unspecified atom stereocenters. The molecule has 0 radical (unpaired) electrons. The van der Waals surface area contributed by atoms with Crippen LogP contribution in [0.1, 0.15) is 18.4 Å². The van der Waals surface area contributed by atoms with Gasteiger partial charge >= 0.3 is 0 Å². The molecule has 80 valence electrons. The van der Waals surface area contributed by atoms with E-state index in [2.05, 4.69) is 6.58 Å². The lowest BCUT2D eigenvalue weighted by atomic mass is 10.1. The average molecular weight is 203 g/mol. The van der Waals surface area contributed by atoms with E-state index in [1.165, 1.54) is 12.8 Å². The number of hydrogen-bond acceptors (Lipinski definition) is 2. The summed E-state index contributed by atoms with van der Waals surface area (Å²) < 4.78 is 5.77. The highest BCUT2D eigenvalue weighted by molar-refractivity contribution is 5.48. The highest BCUT2D eigenvalue weighted by Crippen LogP contribution is 2.31. The topological polar surface area (TPSA) is 35.2 Å². The van der Waals surface area contributed by atoms with Gasteiger partial charge in [-0.05, 0) is 48.9 Å². The minimum Gasteiger partial charge on any atom is -0.493 e. The van der Waals surface area contributed by atoms with E-state index < -0.39 is 0 Å². The molecule has 2 nitrogen and oxygen atoms in total. The number of allylic oxidation sites excluding steroid dienone is 1. The Hall–Kier alpha value is -1.44. The van der Waals surface area contributed by atoms with Gasteiger partial charge in [-0.1, -0.05) is 6.08 Å². The first kappa shape index (κ1) is 10.1. The smallest absolute Gasteiger partial charge is 0.122 e. The van der Waals surface area contributed by atoms with Gasteiger partial charge in [0.25, 0.3) is 0 Å². The highest BCUT2D eigenvalue weighted by atomic mass is 16.5. The number of nitrogens with two attached hydrogens (primary N) is 1. The fourth-order valence-corrected chi connectivity index (χ4v) is 1.55. The van der Waals surface area contributed by atoms with Gasteiger partial charge in [-0.3, -0.25) is 0 Å². The van der Waals surface area contributed by atoms with Crippen LogP contribution in [0.15, 0.2) is 30.9 Å². The molecule has 0 bridgehead atoms. The summed E-state index contributed by atoms with van der Waals surface area (Å²) in [7, 11) is 0. The van der Waals surface area contributed by atoms with Crippen molar-refractivity contribution >= 4 is 5.69 Å². The summed E-state index contributed by atoms with van der Waals surface area (Å²) in [6.45, 7) is 4.58. The molecule has 1 aromatic carbocycles. The molecule has 2 N–H and O–H groups in total. The first-order valence-electron chi connectivity index (χ1n) is 5.41. The molecule has 0 saturated heterocycles.